The molecule has 0 amide bonds. The fourth-order valence-electron chi connectivity index (χ4n) is 3.98. The molecule has 2 N–H and O–H groups in total. The lowest BCUT2D eigenvalue weighted by atomic mass is 9.86. The van der Waals surface area contributed by atoms with Crippen molar-refractivity contribution in [1.29, 1.82) is 0 Å². The van der Waals surface area contributed by atoms with Crippen molar-refractivity contribution in [2.45, 2.75) is 45.1 Å². The normalized spacial score (nSPS) is 29.6. The second kappa shape index (κ2) is 3.99. The van der Waals surface area contributed by atoms with Gasteiger partial charge in [-0.15, -0.1) is 0 Å². The van der Waals surface area contributed by atoms with E-state index in [1.54, 1.807) is 0 Å². The van der Waals surface area contributed by atoms with Gasteiger partial charge in [0.2, 0.25) is 0 Å². The Kier molecular flexibility index (Phi) is 2.67. The minimum absolute atomic E-state index is 0.204. The fraction of sp³-hybridized carbons (Fsp3) is 0.625. The van der Waals surface area contributed by atoms with Crippen LogP contribution in [0.1, 0.15) is 38.7 Å². The number of nitrogens with zero attached hydrogens (tertiary/aromatic N) is 1. The van der Waals surface area contributed by atoms with Crippen LogP contribution in [0.3, 0.4) is 0 Å². The van der Waals surface area contributed by atoms with Gasteiger partial charge in [0.15, 0.2) is 0 Å². The molecular weight excluding hydrogens is 220 g/mol. The first kappa shape index (κ1) is 12.0. The molecule has 2 aliphatic rings. The second-order valence-corrected chi connectivity index (χ2v) is 6.80. The highest BCUT2D eigenvalue weighted by Gasteiger charge is 2.47. The Morgan fingerprint density at radius 3 is 2.67 bits per heavy atom. The van der Waals surface area contributed by atoms with E-state index in [-0.39, 0.29) is 5.54 Å². The number of nitrogens with two attached hydrogens (primary N) is 1. The summed E-state index contributed by atoms with van der Waals surface area (Å²) >= 11 is 0. The van der Waals surface area contributed by atoms with Crippen LogP contribution in [-0.4, -0.2) is 18.6 Å². The smallest absolute Gasteiger partial charge is 0.0529 e. The minimum atomic E-state index is 0.204. The van der Waals surface area contributed by atoms with Crippen LogP contribution in [0.4, 0.5) is 5.69 Å². The molecule has 2 nitrogen and oxygen atoms in total. The maximum absolute atomic E-state index is 6.19. The molecule has 1 unspecified atom stereocenters. The van der Waals surface area contributed by atoms with Gasteiger partial charge in [0.25, 0.3) is 0 Å². The Hall–Kier alpha value is -1.02. The van der Waals surface area contributed by atoms with Crippen molar-refractivity contribution in [2.24, 2.45) is 11.1 Å². The average molecular weight is 244 g/mol. The SMILES string of the molecule is CC1(C)CCC(CN)(N2CCc3ccccc32)C1. The molecule has 98 valence electrons. The van der Waals surface area contributed by atoms with Crippen molar-refractivity contribution >= 4 is 5.69 Å². The first-order valence-corrected chi connectivity index (χ1v) is 7.12. The van der Waals surface area contributed by atoms with Crippen molar-refractivity contribution in [1.82, 2.24) is 0 Å². The van der Waals surface area contributed by atoms with Gasteiger partial charge in [-0.1, -0.05) is 32.0 Å². The van der Waals surface area contributed by atoms with Gasteiger partial charge in [0, 0.05) is 18.8 Å². The van der Waals surface area contributed by atoms with E-state index >= 15 is 0 Å². The standard InChI is InChI=1S/C16H24N2/c1-15(2)8-9-16(11-15,12-17)18-10-7-13-5-3-4-6-14(13)18/h3-6H,7-12,17H2,1-2H3. The molecule has 1 aliphatic carbocycles. The summed E-state index contributed by atoms with van der Waals surface area (Å²) in [7, 11) is 0. The maximum atomic E-state index is 6.19. The van der Waals surface area contributed by atoms with Crippen molar-refractivity contribution < 1.29 is 0 Å². The van der Waals surface area contributed by atoms with E-state index in [9.17, 15) is 0 Å². The minimum Gasteiger partial charge on any atom is -0.364 e. The summed E-state index contributed by atoms with van der Waals surface area (Å²) < 4.78 is 0. The molecule has 0 bridgehead atoms. The highest BCUT2D eigenvalue weighted by molar-refractivity contribution is 5.60. The first-order valence-electron chi connectivity index (χ1n) is 7.12. The van der Waals surface area contributed by atoms with Gasteiger partial charge in [-0.25, -0.2) is 0 Å². The molecule has 1 atom stereocenters. The molecule has 1 aromatic rings. The molecule has 0 saturated heterocycles. The van der Waals surface area contributed by atoms with Crippen LogP contribution in [0.25, 0.3) is 0 Å². The van der Waals surface area contributed by atoms with Gasteiger partial charge in [0.05, 0.1) is 5.54 Å². The van der Waals surface area contributed by atoms with E-state index in [0.717, 1.165) is 13.1 Å². The molecule has 18 heavy (non-hydrogen) atoms. The third-order valence-corrected chi connectivity index (χ3v) is 4.91. The van der Waals surface area contributed by atoms with Crippen LogP contribution < -0.4 is 10.6 Å². The van der Waals surface area contributed by atoms with Crippen LogP contribution in [0.5, 0.6) is 0 Å². The number of hydrogen-bond acceptors (Lipinski definition) is 2. The lowest BCUT2D eigenvalue weighted by Gasteiger charge is -2.41. The highest BCUT2D eigenvalue weighted by atomic mass is 15.2. The fourth-order valence-corrected chi connectivity index (χ4v) is 3.98. The van der Waals surface area contributed by atoms with Crippen LogP contribution in [0, 0.1) is 5.41 Å². The molecule has 0 radical (unpaired) electrons. The largest absolute Gasteiger partial charge is 0.364 e. The average Bonchev–Trinajstić information content (AvgIpc) is 2.91. The zero-order valence-corrected chi connectivity index (χ0v) is 11.6. The van der Waals surface area contributed by atoms with Gasteiger partial charge < -0.3 is 10.6 Å². The summed E-state index contributed by atoms with van der Waals surface area (Å²) in [5.41, 5.74) is 9.76. The molecule has 0 spiro atoms. The van der Waals surface area contributed by atoms with Crippen molar-refractivity contribution in [3.63, 3.8) is 0 Å². The Labute approximate surface area is 110 Å². The van der Waals surface area contributed by atoms with Gasteiger partial charge in [-0.2, -0.15) is 0 Å². The summed E-state index contributed by atoms with van der Waals surface area (Å²) in [4.78, 5) is 2.61. The zero-order valence-electron chi connectivity index (χ0n) is 11.6. The van der Waals surface area contributed by atoms with E-state index in [2.05, 4.69) is 43.0 Å². The summed E-state index contributed by atoms with van der Waals surface area (Å²) in [6.45, 7) is 6.69. The lowest BCUT2D eigenvalue weighted by molar-refractivity contribution is 0.328. The molecule has 1 saturated carbocycles. The summed E-state index contributed by atoms with van der Waals surface area (Å²) in [5.74, 6) is 0. The number of fused-ring (bicyclic) bond motifs is 1. The molecule has 1 aromatic carbocycles. The van der Waals surface area contributed by atoms with E-state index < -0.39 is 0 Å². The van der Waals surface area contributed by atoms with Crippen LogP contribution in [-0.2, 0) is 6.42 Å². The molecular formula is C16H24N2. The highest BCUT2D eigenvalue weighted by Crippen LogP contribution is 2.49. The first-order chi connectivity index (χ1) is 8.56. The third-order valence-electron chi connectivity index (χ3n) is 4.91. The lowest BCUT2D eigenvalue weighted by Crippen LogP contribution is -2.52. The topological polar surface area (TPSA) is 29.3 Å². The second-order valence-electron chi connectivity index (χ2n) is 6.80. The van der Waals surface area contributed by atoms with Gasteiger partial charge in [0.1, 0.15) is 0 Å². The van der Waals surface area contributed by atoms with Crippen LogP contribution >= 0.6 is 0 Å². The predicted molar refractivity (Wildman–Crippen MR) is 76.9 cm³/mol. The number of anilines is 1. The van der Waals surface area contributed by atoms with E-state index in [1.165, 1.54) is 36.9 Å². The molecule has 0 aromatic heterocycles. The number of hydrogen-bond donors (Lipinski definition) is 1. The van der Waals surface area contributed by atoms with Gasteiger partial charge >= 0.3 is 0 Å². The zero-order chi connectivity index (χ0) is 12.8. The molecule has 2 heteroatoms. The number of para-hydroxylation sites is 1. The summed E-state index contributed by atoms with van der Waals surface area (Å²) in [5, 5.41) is 0. The van der Waals surface area contributed by atoms with Crippen molar-refractivity contribution in [2.75, 3.05) is 18.0 Å². The third kappa shape index (κ3) is 1.74. The number of benzene rings is 1. The molecule has 1 aliphatic heterocycles. The Bertz CT molecular complexity index is 452. The Balaban J connectivity index is 1.96. The van der Waals surface area contributed by atoms with E-state index in [4.69, 9.17) is 5.73 Å². The summed E-state index contributed by atoms with van der Waals surface area (Å²) in [6.07, 6.45) is 4.94. The predicted octanol–water partition coefficient (Wildman–Crippen LogP) is 2.96. The van der Waals surface area contributed by atoms with Crippen molar-refractivity contribution in [3.05, 3.63) is 29.8 Å². The van der Waals surface area contributed by atoms with Gasteiger partial charge in [-0.3, -0.25) is 0 Å². The van der Waals surface area contributed by atoms with Gasteiger partial charge in [-0.05, 0) is 42.7 Å². The quantitative estimate of drug-likeness (QED) is 0.866. The summed E-state index contributed by atoms with van der Waals surface area (Å²) in [6, 6.07) is 8.84. The van der Waals surface area contributed by atoms with Crippen LogP contribution in [0.15, 0.2) is 24.3 Å². The Morgan fingerprint density at radius 2 is 2.00 bits per heavy atom. The molecule has 1 heterocycles. The van der Waals surface area contributed by atoms with E-state index in [1.807, 2.05) is 0 Å². The maximum Gasteiger partial charge on any atom is 0.0529 e. The number of rotatable bonds is 2. The molecule has 1 fully saturated rings. The monoisotopic (exact) mass is 244 g/mol. The molecule has 3 rings (SSSR count). The van der Waals surface area contributed by atoms with E-state index in [0.29, 0.717) is 5.41 Å². The van der Waals surface area contributed by atoms with Crippen LogP contribution in [0.2, 0.25) is 0 Å². The Morgan fingerprint density at radius 1 is 1.22 bits per heavy atom. The van der Waals surface area contributed by atoms with Crippen molar-refractivity contribution in [3.8, 4) is 0 Å².